The number of anilines is 1. The molecule has 0 atom stereocenters. The SMILES string of the molecule is CCOC(=O)C(C)(C)c1cn2nc(NCCCN3CCN(C(c4ccccc4)c4ccccc4)CC3)ccc2n1.Cl.Cl.Cl. The van der Waals surface area contributed by atoms with E-state index in [2.05, 4.69) is 85.9 Å². The monoisotopic (exact) mass is 648 g/mol. The molecule has 3 heterocycles. The first-order valence-electron chi connectivity index (χ1n) is 14.3. The van der Waals surface area contributed by atoms with Crippen LogP contribution in [-0.2, 0) is 14.9 Å². The average Bonchev–Trinajstić information content (AvgIpc) is 3.42. The molecule has 0 unspecified atom stereocenters. The fourth-order valence-corrected chi connectivity index (χ4v) is 5.34. The van der Waals surface area contributed by atoms with Crippen molar-refractivity contribution in [2.24, 2.45) is 0 Å². The molecule has 0 amide bonds. The van der Waals surface area contributed by atoms with Crippen LogP contribution in [0.5, 0.6) is 0 Å². The van der Waals surface area contributed by atoms with Gasteiger partial charge in [0.1, 0.15) is 11.2 Å². The lowest BCUT2D eigenvalue weighted by Crippen LogP contribution is -2.48. The first-order chi connectivity index (χ1) is 19.5. The normalized spacial score (nSPS) is 14.0. The Balaban J connectivity index is 0.00000215. The van der Waals surface area contributed by atoms with Gasteiger partial charge < -0.3 is 15.0 Å². The molecule has 234 valence electrons. The molecule has 0 radical (unpaired) electrons. The van der Waals surface area contributed by atoms with Crippen molar-refractivity contribution in [3.8, 4) is 0 Å². The Kier molecular flexibility index (Phi) is 14.2. The number of ether oxygens (including phenoxy) is 1. The zero-order valence-electron chi connectivity index (χ0n) is 25.0. The van der Waals surface area contributed by atoms with E-state index in [0.29, 0.717) is 24.0 Å². The summed E-state index contributed by atoms with van der Waals surface area (Å²) in [6.45, 7) is 11.9. The number of halogens is 3. The van der Waals surface area contributed by atoms with Crippen LogP contribution in [0.2, 0.25) is 0 Å². The Morgan fingerprint density at radius 2 is 1.51 bits per heavy atom. The molecule has 2 aromatic heterocycles. The fourth-order valence-electron chi connectivity index (χ4n) is 5.34. The molecule has 0 saturated carbocycles. The zero-order chi connectivity index (χ0) is 28.0. The highest BCUT2D eigenvalue weighted by atomic mass is 35.5. The Hall–Kier alpha value is -2.88. The Labute approximate surface area is 273 Å². The van der Waals surface area contributed by atoms with Crippen LogP contribution in [-0.4, -0.2) is 76.2 Å². The molecule has 8 nitrogen and oxygen atoms in total. The van der Waals surface area contributed by atoms with Gasteiger partial charge in [-0.1, -0.05) is 60.7 Å². The van der Waals surface area contributed by atoms with Crippen LogP contribution in [0, 0.1) is 0 Å². The average molecular weight is 650 g/mol. The number of nitrogens with one attached hydrogen (secondary N) is 1. The molecule has 1 aliphatic heterocycles. The van der Waals surface area contributed by atoms with Crippen molar-refractivity contribution in [3.63, 3.8) is 0 Å². The zero-order valence-corrected chi connectivity index (χ0v) is 27.5. The van der Waals surface area contributed by atoms with Crippen molar-refractivity contribution in [2.75, 3.05) is 51.2 Å². The summed E-state index contributed by atoms with van der Waals surface area (Å²) < 4.78 is 6.96. The predicted octanol–water partition coefficient (Wildman–Crippen LogP) is 6.04. The van der Waals surface area contributed by atoms with Gasteiger partial charge in [0.2, 0.25) is 0 Å². The van der Waals surface area contributed by atoms with Crippen molar-refractivity contribution >= 4 is 54.7 Å². The number of aromatic nitrogens is 3. The second-order valence-corrected chi connectivity index (χ2v) is 10.9. The molecule has 4 aromatic rings. The maximum absolute atomic E-state index is 12.4. The van der Waals surface area contributed by atoms with E-state index in [0.717, 1.165) is 51.5 Å². The van der Waals surface area contributed by atoms with Crippen LogP contribution in [0.25, 0.3) is 5.65 Å². The second kappa shape index (κ2) is 16.8. The van der Waals surface area contributed by atoms with Crippen LogP contribution >= 0.6 is 37.2 Å². The van der Waals surface area contributed by atoms with Gasteiger partial charge in [-0.3, -0.25) is 9.69 Å². The number of piperazine rings is 1. The number of carbonyl (C=O) groups excluding carboxylic acids is 1. The quantitative estimate of drug-likeness (QED) is 0.157. The van der Waals surface area contributed by atoms with E-state index >= 15 is 0 Å². The Morgan fingerprint density at radius 3 is 2.09 bits per heavy atom. The summed E-state index contributed by atoms with van der Waals surface area (Å²) in [6, 6.07) is 25.8. The summed E-state index contributed by atoms with van der Waals surface area (Å²) in [5, 5.41) is 8.11. The minimum absolute atomic E-state index is 0. The van der Waals surface area contributed by atoms with Crippen LogP contribution < -0.4 is 5.32 Å². The van der Waals surface area contributed by atoms with Gasteiger partial charge in [0.05, 0.1) is 24.5 Å². The largest absolute Gasteiger partial charge is 0.465 e. The number of nitrogens with zero attached hydrogens (tertiary/aromatic N) is 5. The molecule has 0 spiro atoms. The highest BCUT2D eigenvalue weighted by Gasteiger charge is 2.34. The molecular formula is C32H43Cl3N6O2. The van der Waals surface area contributed by atoms with E-state index in [1.165, 1.54) is 11.1 Å². The number of benzene rings is 2. The van der Waals surface area contributed by atoms with E-state index in [9.17, 15) is 4.79 Å². The van der Waals surface area contributed by atoms with Crippen LogP contribution in [0.15, 0.2) is 79.0 Å². The predicted molar refractivity (Wildman–Crippen MR) is 180 cm³/mol. The standard InChI is InChI=1S/C32H40N6O2.3ClH/c1-4-40-31(39)32(2,3)27-24-38-29(34-27)17-16-28(35-38)33-18-11-19-36-20-22-37(23-21-36)30(25-12-7-5-8-13-25)26-14-9-6-10-15-26;;;/h5-10,12-17,24,30H,4,11,18-23H2,1-3H3,(H,33,35);3*1H. The van der Waals surface area contributed by atoms with E-state index in [1.807, 2.05) is 39.1 Å². The molecule has 1 saturated heterocycles. The lowest BCUT2D eigenvalue weighted by molar-refractivity contribution is -0.148. The second-order valence-electron chi connectivity index (χ2n) is 10.9. The van der Waals surface area contributed by atoms with E-state index in [4.69, 9.17) is 4.74 Å². The first-order valence-corrected chi connectivity index (χ1v) is 14.3. The van der Waals surface area contributed by atoms with Gasteiger partial charge in [0, 0.05) is 32.7 Å². The summed E-state index contributed by atoms with van der Waals surface area (Å²) >= 11 is 0. The molecule has 1 aliphatic rings. The summed E-state index contributed by atoms with van der Waals surface area (Å²) in [6.07, 6.45) is 2.85. The molecule has 43 heavy (non-hydrogen) atoms. The number of fused-ring (bicyclic) bond motifs is 1. The van der Waals surface area contributed by atoms with Gasteiger partial charge in [-0.2, -0.15) is 0 Å². The highest BCUT2D eigenvalue weighted by molar-refractivity contribution is 5.86. The Bertz CT molecular complexity index is 1360. The van der Waals surface area contributed by atoms with Crippen molar-refractivity contribution in [3.05, 3.63) is 95.8 Å². The summed E-state index contributed by atoms with van der Waals surface area (Å²) in [7, 11) is 0. The van der Waals surface area contributed by atoms with E-state index in [-0.39, 0.29) is 43.2 Å². The van der Waals surface area contributed by atoms with E-state index < -0.39 is 5.41 Å². The molecule has 0 aliphatic carbocycles. The third-order valence-corrected chi connectivity index (χ3v) is 7.71. The van der Waals surface area contributed by atoms with Gasteiger partial charge in [-0.25, -0.2) is 9.50 Å². The lowest BCUT2D eigenvalue weighted by atomic mass is 9.90. The molecule has 2 aromatic carbocycles. The van der Waals surface area contributed by atoms with Gasteiger partial charge in [0.15, 0.2) is 5.65 Å². The minimum Gasteiger partial charge on any atom is -0.465 e. The van der Waals surface area contributed by atoms with Gasteiger partial charge in [-0.15, -0.1) is 42.3 Å². The maximum atomic E-state index is 12.4. The number of rotatable bonds is 11. The molecule has 1 N–H and O–H groups in total. The first kappa shape index (κ1) is 36.3. The van der Waals surface area contributed by atoms with Crippen LogP contribution in [0.4, 0.5) is 5.82 Å². The van der Waals surface area contributed by atoms with Gasteiger partial charge in [0.25, 0.3) is 0 Å². The number of imidazole rings is 1. The molecule has 1 fully saturated rings. The number of hydrogen-bond donors (Lipinski definition) is 1. The summed E-state index contributed by atoms with van der Waals surface area (Å²) in [5.74, 6) is 0.511. The third-order valence-electron chi connectivity index (χ3n) is 7.71. The van der Waals surface area contributed by atoms with Crippen molar-refractivity contribution in [1.82, 2.24) is 24.4 Å². The number of esters is 1. The number of carbonyl (C=O) groups is 1. The molecular weight excluding hydrogens is 607 g/mol. The van der Waals surface area contributed by atoms with Crippen LogP contribution in [0.1, 0.15) is 50.1 Å². The fraction of sp³-hybridized carbons (Fsp3) is 0.406. The summed E-state index contributed by atoms with van der Waals surface area (Å²) in [5.41, 5.74) is 3.23. The Morgan fingerprint density at radius 1 is 0.907 bits per heavy atom. The third kappa shape index (κ3) is 8.83. The maximum Gasteiger partial charge on any atom is 0.317 e. The molecule has 11 heteroatoms. The van der Waals surface area contributed by atoms with Crippen molar-refractivity contribution in [2.45, 2.75) is 38.6 Å². The topological polar surface area (TPSA) is 75.0 Å². The number of hydrogen-bond acceptors (Lipinski definition) is 7. The summed E-state index contributed by atoms with van der Waals surface area (Å²) in [4.78, 5) is 22.2. The smallest absolute Gasteiger partial charge is 0.317 e. The van der Waals surface area contributed by atoms with Crippen molar-refractivity contribution < 1.29 is 9.53 Å². The van der Waals surface area contributed by atoms with Crippen molar-refractivity contribution in [1.29, 1.82) is 0 Å². The van der Waals surface area contributed by atoms with E-state index in [1.54, 1.807) is 4.52 Å². The molecule has 0 bridgehead atoms. The minimum atomic E-state index is -0.830. The molecule has 5 rings (SSSR count). The van der Waals surface area contributed by atoms with Crippen LogP contribution in [0.3, 0.4) is 0 Å². The van der Waals surface area contributed by atoms with Gasteiger partial charge >= 0.3 is 5.97 Å². The van der Waals surface area contributed by atoms with Gasteiger partial charge in [-0.05, 0) is 57.0 Å². The highest BCUT2D eigenvalue weighted by Crippen LogP contribution is 2.29. The lowest BCUT2D eigenvalue weighted by Gasteiger charge is -2.39.